The monoisotopic (exact) mass is 358 g/mol. The highest BCUT2D eigenvalue weighted by molar-refractivity contribution is 14.1. The average molecular weight is 358 g/mol. The van der Waals surface area contributed by atoms with Crippen molar-refractivity contribution in [1.82, 2.24) is 9.97 Å². The molecule has 1 N–H and O–H groups in total. The lowest BCUT2D eigenvalue weighted by Crippen LogP contribution is -2.05. The molecular weight excluding hydrogens is 347 g/mol. The van der Waals surface area contributed by atoms with E-state index in [4.69, 9.17) is 0 Å². The van der Waals surface area contributed by atoms with Crippen LogP contribution in [0.5, 0.6) is 0 Å². The van der Waals surface area contributed by atoms with Gasteiger partial charge in [-0.15, -0.1) is 0 Å². The number of hydrogen-bond donors (Lipinski definition) is 1. The summed E-state index contributed by atoms with van der Waals surface area (Å²) in [7, 11) is 0. The fourth-order valence-corrected chi connectivity index (χ4v) is 2.55. The Hall–Kier alpha value is -0.660. The number of halogens is 1. The number of aromatic nitrogens is 2. The molecule has 1 unspecified atom stereocenters. The molecule has 17 heavy (non-hydrogen) atoms. The largest absolute Gasteiger partial charge is 0.382 e. The van der Waals surface area contributed by atoms with Crippen molar-refractivity contribution in [3.63, 3.8) is 0 Å². The molecule has 88 valence electrons. The van der Waals surface area contributed by atoms with Crippen molar-refractivity contribution in [1.29, 1.82) is 0 Å². The lowest BCUT2D eigenvalue weighted by atomic mass is 10.1. The SMILES string of the molecule is CSc1nc(I)cc(C(O)c2ccccc2)n1. The van der Waals surface area contributed by atoms with E-state index in [1.807, 2.05) is 36.6 Å². The van der Waals surface area contributed by atoms with E-state index in [2.05, 4.69) is 32.6 Å². The Morgan fingerprint density at radius 1 is 1.24 bits per heavy atom. The first-order valence-electron chi connectivity index (χ1n) is 5.02. The normalized spacial score (nSPS) is 12.4. The van der Waals surface area contributed by atoms with E-state index in [0.29, 0.717) is 10.9 Å². The summed E-state index contributed by atoms with van der Waals surface area (Å²) in [6.07, 6.45) is 1.22. The molecular formula is C12H11IN2OS. The van der Waals surface area contributed by atoms with Gasteiger partial charge in [-0.2, -0.15) is 0 Å². The van der Waals surface area contributed by atoms with Crippen LogP contribution in [0.1, 0.15) is 17.4 Å². The third-order valence-electron chi connectivity index (χ3n) is 2.27. The van der Waals surface area contributed by atoms with Gasteiger partial charge in [-0.25, -0.2) is 9.97 Å². The van der Waals surface area contributed by atoms with E-state index in [0.717, 1.165) is 9.26 Å². The van der Waals surface area contributed by atoms with E-state index in [-0.39, 0.29) is 0 Å². The number of nitrogens with zero attached hydrogens (tertiary/aromatic N) is 2. The summed E-state index contributed by atoms with van der Waals surface area (Å²) in [6, 6.07) is 11.3. The highest BCUT2D eigenvalue weighted by Gasteiger charge is 2.13. The van der Waals surface area contributed by atoms with Crippen molar-refractivity contribution in [2.75, 3.05) is 6.26 Å². The molecule has 0 bridgehead atoms. The van der Waals surface area contributed by atoms with Gasteiger partial charge in [-0.3, -0.25) is 0 Å². The van der Waals surface area contributed by atoms with E-state index in [9.17, 15) is 5.11 Å². The van der Waals surface area contributed by atoms with E-state index < -0.39 is 6.10 Å². The molecule has 0 aliphatic heterocycles. The fraction of sp³-hybridized carbons (Fsp3) is 0.167. The van der Waals surface area contributed by atoms with Crippen LogP contribution in [0.4, 0.5) is 0 Å². The summed E-state index contributed by atoms with van der Waals surface area (Å²) < 4.78 is 0.840. The van der Waals surface area contributed by atoms with Crippen LogP contribution in [-0.2, 0) is 0 Å². The number of aliphatic hydroxyl groups excluding tert-OH is 1. The summed E-state index contributed by atoms with van der Waals surface area (Å²) in [6.45, 7) is 0. The molecule has 0 saturated heterocycles. The summed E-state index contributed by atoms with van der Waals surface area (Å²) in [5.74, 6) is 0. The standard InChI is InChI=1S/C12H11IN2OS/c1-17-12-14-9(7-10(13)15-12)11(16)8-5-3-2-4-6-8/h2-7,11,16H,1H3. The summed E-state index contributed by atoms with van der Waals surface area (Å²) in [4.78, 5) is 8.58. The number of thioether (sulfide) groups is 1. The van der Waals surface area contributed by atoms with E-state index in [1.165, 1.54) is 11.8 Å². The Kier molecular flexibility index (Phi) is 4.36. The minimum Gasteiger partial charge on any atom is -0.382 e. The van der Waals surface area contributed by atoms with Gasteiger partial charge in [0.1, 0.15) is 9.80 Å². The minimum absolute atomic E-state index is 0.639. The quantitative estimate of drug-likeness (QED) is 0.397. The minimum atomic E-state index is -0.696. The van der Waals surface area contributed by atoms with Crippen molar-refractivity contribution >= 4 is 34.4 Å². The molecule has 3 nitrogen and oxygen atoms in total. The molecule has 1 aromatic heterocycles. The van der Waals surface area contributed by atoms with Crippen LogP contribution in [0.15, 0.2) is 41.6 Å². The van der Waals surface area contributed by atoms with E-state index in [1.54, 1.807) is 6.07 Å². The van der Waals surface area contributed by atoms with Crippen LogP contribution < -0.4 is 0 Å². The zero-order chi connectivity index (χ0) is 12.3. The maximum Gasteiger partial charge on any atom is 0.188 e. The number of aliphatic hydroxyl groups is 1. The van der Waals surface area contributed by atoms with Gasteiger partial charge in [0, 0.05) is 0 Å². The maximum absolute atomic E-state index is 10.2. The summed E-state index contributed by atoms with van der Waals surface area (Å²) in [5.41, 5.74) is 1.48. The van der Waals surface area contributed by atoms with Crippen molar-refractivity contribution in [2.24, 2.45) is 0 Å². The fourth-order valence-electron chi connectivity index (χ4n) is 1.45. The molecule has 2 rings (SSSR count). The van der Waals surface area contributed by atoms with Gasteiger partial charge < -0.3 is 5.11 Å². The summed E-state index contributed by atoms with van der Waals surface area (Å²) in [5, 5.41) is 10.9. The molecule has 1 aromatic carbocycles. The Bertz CT molecular complexity index is 507. The van der Waals surface area contributed by atoms with Gasteiger partial charge in [0.05, 0.1) is 5.69 Å². The van der Waals surface area contributed by atoms with Gasteiger partial charge in [0.2, 0.25) is 0 Å². The summed E-state index contributed by atoms with van der Waals surface area (Å²) >= 11 is 3.60. The molecule has 0 aliphatic carbocycles. The molecule has 0 amide bonds. The van der Waals surface area contributed by atoms with Crippen LogP contribution in [0.3, 0.4) is 0 Å². The second-order valence-corrected chi connectivity index (χ2v) is 5.29. The van der Waals surface area contributed by atoms with Crippen molar-refractivity contribution in [2.45, 2.75) is 11.3 Å². The molecule has 0 spiro atoms. The zero-order valence-corrected chi connectivity index (χ0v) is 12.1. The topological polar surface area (TPSA) is 46.0 Å². The van der Waals surface area contributed by atoms with Gasteiger partial charge in [-0.1, -0.05) is 42.1 Å². The van der Waals surface area contributed by atoms with Crippen LogP contribution in [-0.4, -0.2) is 21.3 Å². The molecule has 1 heterocycles. The Morgan fingerprint density at radius 2 is 1.94 bits per heavy atom. The van der Waals surface area contributed by atoms with Crippen LogP contribution in [0.2, 0.25) is 0 Å². The molecule has 5 heteroatoms. The average Bonchev–Trinajstić information content (AvgIpc) is 2.38. The first-order valence-corrected chi connectivity index (χ1v) is 7.32. The van der Waals surface area contributed by atoms with Crippen molar-refractivity contribution in [3.05, 3.63) is 51.4 Å². The Balaban J connectivity index is 2.37. The Labute approximate surface area is 118 Å². The predicted octanol–water partition coefficient (Wildman–Crippen LogP) is 2.88. The third kappa shape index (κ3) is 3.17. The lowest BCUT2D eigenvalue weighted by molar-refractivity contribution is 0.214. The number of hydrogen-bond acceptors (Lipinski definition) is 4. The van der Waals surface area contributed by atoms with Crippen LogP contribution in [0, 0.1) is 3.70 Å². The van der Waals surface area contributed by atoms with Gasteiger partial charge in [-0.05, 0) is 40.5 Å². The maximum atomic E-state index is 10.2. The zero-order valence-electron chi connectivity index (χ0n) is 9.17. The lowest BCUT2D eigenvalue weighted by Gasteiger charge is -2.11. The molecule has 2 aromatic rings. The predicted molar refractivity (Wildman–Crippen MR) is 77.0 cm³/mol. The number of benzene rings is 1. The molecule has 1 atom stereocenters. The van der Waals surface area contributed by atoms with Crippen molar-refractivity contribution in [3.8, 4) is 0 Å². The van der Waals surface area contributed by atoms with Crippen LogP contribution >= 0.6 is 34.4 Å². The molecule has 0 radical (unpaired) electrons. The first-order chi connectivity index (χ1) is 8.20. The first kappa shape index (κ1) is 12.8. The van der Waals surface area contributed by atoms with Gasteiger partial charge >= 0.3 is 0 Å². The van der Waals surface area contributed by atoms with Crippen LogP contribution in [0.25, 0.3) is 0 Å². The van der Waals surface area contributed by atoms with E-state index >= 15 is 0 Å². The second-order valence-electron chi connectivity index (χ2n) is 3.42. The van der Waals surface area contributed by atoms with Gasteiger partial charge in [0.25, 0.3) is 0 Å². The molecule has 0 saturated carbocycles. The molecule has 0 fully saturated rings. The van der Waals surface area contributed by atoms with Crippen molar-refractivity contribution < 1.29 is 5.11 Å². The third-order valence-corrected chi connectivity index (χ3v) is 3.37. The highest BCUT2D eigenvalue weighted by atomic mass is 127. The highest BCUT2D eigenvalue weighted by Crippen LogP contribution is 2.22. The van der Waals surface area contributed by atoms with Gasteiger partial charge in [0.15, 0.2) is 5.16 Å². The number of rotatable bonds is 3. The smallest absolute Gasteiger partial charge is 0.188 e. The second kappa shape index (κ2) is 5.79. The molecule has 0 aliphatic rings. The Morgan fingerprint density at radius 3 is 2.59 bits per heavy atom.